The van der Waals surface area contributed by atoms with Crippen LogP contribution in [0.5, 0.6) is 0 Å². The second-order valence-electron chi connectivity index (χ2n) is 7.21. The molecular formula is C20H27NO4. The van der Waals surface area contributed by atoms with E-state index in [1.54, 1.807) is 0 Å². The molecule has 1 aromatic rings. The molecule has 0 unspecified atom stereocenters. The van der Waals surface area contributed by atoms with E-state index in [1.807, 2.05) is 39.0 Å². The van der Waals surface area contributed by atoms with E-state index in [0.29, 0.717) is 5.56 Å². The van der Waals surface area contributed by atoms with Gasteiger partial charge in [-0.25, -0.2) is 0 Å². The van der Waals surface area contributed by atoms with Gasteiger partial charge in [0.05, 0.1) is 6.42 Å². The number of ketones is 1. The van der Waals surface area contributed by atoms with Crippen LogP contribution in [0.15, 0.2) is 18.2 Å². The number of hydrogen-bond donors (Lipinski definition) is 1. The average Bonchev–Trinajstić information content (AvgIpc) is 3.05. The van der Waals surface area contributed by atoms with Crippen LogP contribution in [0.2, 0.25) is 0 Å². The number of esters is 1. The molecule has 0 bridgehead atoms. The fourth-order valence-electron chi connectivity index (χ4n) is 2.83. The molecule has 5 heteroatoms. The van der Waals surface area contributed by atoms with Gasteiger partial charge in [0.2, 0.25) is 0 Å². The maximum absolute atomic E-state index is 12.2. The zero-order chi connectivity index (χ0) is 18.4. The molecule has 0 aromatic heterocycles. The highest BCUT2D eigenvalue weighted by atomic mass is 16.5. The van der Waals surface area contributed by atoms with Crippen molar-refractivity contribution in [2.75, 3.05) is 6.61 Å². The number of rotatable bonds is 8. The number of ether oxygens (including phenoxy) is 1. The van der Waals surface area contributed by atoms with Crippen LogP contribution in [0.25, 0.3) is 0 Å². The number of carbonyl (C=O) groups excluding carboxylic acids is 3. The second-order valence-corrected chi connectivity index (χ2v) is 7.21. The van der Waals surface area contributed by atoms with Gasteiger partial charge in [-0.1, -0.05) is 19.1 Å². The molecule has 136 valence electrons. The first-order valence-corrected chi connectivity index (χ1v) is 8.92. The molecule has 0 fully saturated rings. The molecule has 0 spiro atoms. The van der Waals surface area contributed by atoms with Crippen molar-refractivity contribution in [2.24, 2.45) is 0 Å². The Hall–Kier alpha value is -2.17. The molecule has 0 saturated carbocycles. The maximum Gasteiger partial charge on any atom is 0.306 e. The van der Waals surface area contributed by atoms with Gasteiger partial charge in [0.15, 0.2) is 12.4 Å². The van der Waals surface area contributed by atoms with Gasteiger partial charge in [-0.2, -0.15) is 0 Å². The van der Waals surface area contributed by atoms with E-state index in [9.17, 15) is 14.4 Å². The topological polar surface area (TPSA) is 72.5 Å². The normalized spacial score (nSPS) is 13.2. The van der Waals surface area contributed by atoms with Crippen molar-refractivity contribution in [3.8, 4) is 0 Å². The Bertz CT molecular complexity index is 664. The highest BCUT2D eigenvalue weighted by Gasteiger charge is 2.19. The lowest BCUT2D eigenvalue weighted by Gasteiger charge is -2.24. The zero-order valence-corrected chi connectivity index (χ0v) is 15.3. The van der Waals surface area contributed by atoms with Gasteiger partial charge < -0.3 is 10.1 Å². The number of Topliss-reactive ketones (excluding diaryl/α,β-unsaturated/α-hetero) is 1. The van der Waals surface area contributed by atoms with Crippen LogP contribution in [0.3, 0.4) is 0 Å². The number of amides is 1. The summed E-state index contributed by atoms with van der Waals surface area (Å²) in [6.07, 6.45) is 4.09. The lowest BCUT2D eigenvalue weighted by Crippen LogP contribution is -2.44. The van der Waals surface area contributed by atoms with E-state index >= 15 is 0 Å². The third kappa shape index (κ3) is 5.69. The summed E-state index contributed by atoms with van der Waals surface area (Å²) in [6.45, 7) is 5.47. The molecular weight excluding hydrogens is 318 g/mol. The Morgan fingerprint density at radius 1 is 1.12 bits per heavy atom. The molecule has 1 aliphatic rings. The molecule has 0 aliphatic heterocycles. The third-order valence-corrected chi connectivity index (χ3v) is 4.70. The SMILES string of the molecule is CCC(C)(C)NC(=O)COC(=O)CCC(=O)c1ccc2c(c1)CCC2. The molecule has 0 atom stereocenters. The fourth-order valence-corrected chi connectivity index (χ4v) is 2.83. The van der Waals surface area contributed by atoms with Gasteiger partial charge in [-0.05, 0) is 56.7 Å². The molecule has 0 heterocycles. The molecule has 5 nitrogen and oxygen atoms in total. The summed E-state index contributed by atoms with van der Waals surface area (Å²) in [5, 5.41) is 2.79. The fraction of sp³-hybridized carbons (Fsp3) is 0.550. The number of benzene rings is 1. The number of nitrogens with one attached hydrogen (secondary N) is 1. The van der Waals surface area contributed by atoms with Crippen molar-refractivity contribution in [3.05, 3.63) is 34.9 Å². The van der Waals surface area contributed by atoms with Crippen LogP contribution in [-0.4, -0.2) is 29.8 Å². The maximum atomic E-state index is 12.2. The first-order chi connectivity index (χ1) is 11.8. The molecule has 1 amide bonds. The molecule has 0 radical (unpaired) electrons. The van der Waals surface area contributed by atoms with Crippen LogP contribution in [0.4, 0.5) is 0 Å². The van der Waals surface area contributed by atoms with Crippen LogP contribution >= 0.6 is 0 Å². The van der Waals surface area contributed by atoms with E-state index in [0.717, 1.165) is 25.7 Å². The lowest BCUT2D eigenvalue weighted by atomic mass is 10.0. The molecule has 1 N–H and O–H groups in total. The van der Waals surface area contributed by atoms with E-state index in [1.165, 1.54) is 11.1 Å². The quantitative estimate of drug-likeness (QED) is 0.581. The largest absolute Gasteiger partial charge is 0.456 e. The van der Waals surface area contributed by atoms with Crippen LogP contribution in [-0.2, 0) is 27.2 Å². The highest BCUT2D eigenvalue weighted by molar-refractivity contribution is 5.98. The predicted molar refractivity (Wildman–Crippen MR) is 95.5 cm³/mol. The van der Waals surface area contributed by atoms with Gasteiger partial charge in [-0.15, -0.1) is 0 Å². The molecule has 1 aliphatic carbocycles. The summed E-state index contributed by atoms with van der Waals surface area (Å²) in [6, 6.07) is 5.78. The van der Waals surface area contributed by atoms with Crippen molar-refractivity contribution < 1.29 is 19.1 Å². The minimum Gasteiger partial charge on any atom is -0.456 e. The summed E-state index contributed by atoms with van der Waals surface area (Å²) in [4.78, 5) is 35.7. The summed E-state index contributed by atoms with van der Waals surface area (Å²) >= 11 is 0. The van der Waals surface area contributed by atoms with Gasteiger partial charge in [0, 0.05) is 17.5 Å². The smallest absolute Gasteiger partial charge is 0.306 e. The Morgan fingerprint density at radius 3 is 2.56 bits per heavy atom. The standard InChI is InChI=1S/C20H27NO4/c1-4-20(2,3)21-18(23)13-25-19(24)11-10-17(22)16-9-8-14-6-5-7-15(14)12-16/h8-9,12H,4-7,10-11,13H2,1-3H3,(H,21,23). The Labute approximate surface area is 149 Å². The Morgan fingerprint density at radius 2 is 1.84 bits per heavy atom. The first-order valence-electron chi connectivity index (χ1n) is 8.92. The van der Waals surface area contributed by atoms with Gasteiger partial charge in [0.1, 0.15) is 0 Å². The number of hydrogen-bond acceptors (Lipinski definition) is 4. The molecule has 0 saturated heterocycles. The minimum absolute atomic E-state index is 0.0135. The van der Waals surface area contributed by atoms with E-state index in [2.05, 4.69) is 5.32 Å². The highest BCUT2D eigenvalue weighted by Crippen LogP contribution is 2.23. The monoisotopic (exact) mass is 345 g/mol. The van der Waals surface area contributed by atoms with E-state index < -0.39 is 5.97 Å². The van der Waals surface area contributed by atoms with Crippen LogP contribution in [0.1, 0.15) is 67.9 Å². The second kappa shape index (κ2) is 8.28. The van der Waals surface area contributed by atoms with Crippen LogP contribution < -0.4 is 5.32 Å². The van der Waals surface area contributed by atoms with Gasteiger partial charge in [0.25, 0.3) is 5.91 Å². The van der Waals surface area contributed by atoms with Gasteiger partial charge in [-0.3, -0.25) is 14.4 Å². The summed E-state index contributed by atoms with van der Waals surface area (Å²) in [7, 11) is 0. The number of aryl methyl sites for hydroxylation is 2. The van der Waals surface area contributed by atoms with Crippen molar-refractivity contribution >= 4 is 17.7 Å². The number of carbonyl (C=O) groups is 3. The Kier molecular flexibility index (Phi) is 6.34. The summed E-state index contributed by atoms with van der Waals surface area (Å²) in [5.74, 6) is -0.924. The van der Waals surface area contributed by atoms with Crippen molar-refractivity contribution in [2.45, 2.75) is 64.8 Å². The van der Waals surface area contributed by atoms with E-state index in [4.69, 9.17) is 4.74 Å². The first kappa shape index (κ1) is 19.2. The third-order valence-electron chi connectivity index (χ3n) is 4.70. The van der Waals surface area contributed by atoms with E-state index in [-0.39, 0.29) is 36.7 Å². The lowest BCUT2D eigenvalue weighted by molar-refractivity contribution is -0.148. The summed E-state index contributed by atoms with van der Waals surface area (Å²) < 4.78 is 4.95. The van der Waals surface area contributed by atoms with Crippen molar-refractivity contribution in [1.82, 2.24) is 5.32 Å². The predicted octanol–water partition coefficient (Wildman–Crippen LogP) is 2.99. The van der Waals surface area contributed by atoms with Crippen LogP contribution in [0, 0.1) is 0 Å². The zero-order valence-electron chi connectivity index (χ0n) is 15.3. The Balaban J connectivity index is 1.74. The van der Waals surface area contributed by atoms with Gasteiger partial charge >= 0.3 is 5.97 Å². The molecule has 1 aromatic carbocycles. The molecule has 2 rings (SSSR count). The minimum atomic E-state index is -0.529. The summed E-state index contributed by atoms with van der Waals surface area (Å²) in [5.41, 5.74) is 2.88. The van der Waals surface area contributed by atoms with Crippen molar-refractivity contribution in [1.29, 1.82) is 0 Å². The number of fused-ring (bicyclic) bond motifs is 1. The average molecular weight is 345 g/mol. The molecule has 25 heavy (non-hydrogen) atoms. The van der Waals surface area contributed by atoms with Crippen molar-refractivity contribution in [3.63, 3.8) is 0 Å².